The number of nitrogens with zero attached hydrogens (tertiary/aromatic N) is 2. The number of hydrogen-bond acceptors (Lipinski definition) is 4. The summed E-state index contributed by atoms with van der Waals surface area (Å²) >= 11 is 8.02. The molecule has 1 aromatic carbocycles. The topological polar surface area (TPSA) is 35.6 Å². The molecule has 2 heterocycles. The van der Waals surface area contributed by atoms with Crippen LogP contribution in [-0.4, -0.2) is 49.6 Å². The number of rotatable bonds is 6. The third-order valence-electron chi connectivity index (χ3n) is 4.69. The van der Waals surface area contributed by atoms with E-state index in [1.54, 1.807) is 11.3 Å². The minimum absolute atomic E-state index is 0.100. The Balaban J connectivity index is 1.45. The van der Waals surface area contributed by atoms with Crippen LogP contribution in [0.25, 0.3) is 0 Å². The van der Waals surface area contributed by atoms with Crippen LogP contribution in [0.2, 0.25) is 5.02 Å². The van der Waals surface area contributed by atoms with Gasteiger partial charge in [0.25, 0.3) is 0 Å². The SMILES string of the molecule is CC(C(=O)NCCc1cccs1)N1CCN(c2ccccc2Cl)CC1. The summed E-state index contributed by atoms with van der Waals surface area (Å²) in [6.07, 6.45) is 0.899. The van der Waals surface area contributed by atoms with Crippen LogP contribution in [0.1, 0.15) is 11.8 Å². The summed E-state index contributed by atoms with van der Waals surface area (Å²) in [4.78, 5) is 18.2. The molecule has 3 rings (SSSR count). The summed E-state index contributed by atoms with van der Waals surface area (Å²) in [7, 11) is 0. The minimum atomic E-state index is -0.100. The van der Waals surface area contributed by atoms with Gasteiger partial charge in [-0.2, -0.15) is 0 Å². The van der Waals surface area contributed by atoms with Crippen molar-refractivity contribution in [3.63, 3.8) is 0 Å². The third kappa shape index (κ3) is 4.75. The zero-order chi connectivity index (χ0) is 17.6. The van der Waals surface area contributed by atoms with Crippen LogP contribution in [0.3, 0.4) is 0 Å². The Morgan fingerprint density at radius 1 is 1.20 bits per heavy atom. The number of amides is 1. The molecule has 1 atom stereocenters. The largest absolute Gasteiger partial charge is 0.368 e. The van der Waals surface area contributed by atoms with Crippen molar-refractivity contribution in [1.82, 2.24) is 10.2 Å². The predicted octanol–water partition coefficient (Wildman–Crippen LogP) is 3.27. The summed E-state index contributed by atoms with van der Waals surface area (Å²) in [5.41, 5.74) is 1.08. The summed E-state index contributed by atoms with van der Waals surface area (Å²) in [5.74, 6) is 0.114. The summed E-state index contributed by atoms with van der Waals surface area (Å²) < 4.78 is 0. The Kier molecular flexibility index (Phi) is 6.34. The van der Waals surface area contributed by atoms with Crippen LogP contribution >= 0.6 is 22.9 Å². The van der Waals surface area contributed by atoms with Crippen molar-refractivity contribution in [3.8, 4) is 0 Å². The molecule has 6 heteroatoms. The number of carbonyl (C=O) groups excluding carboxylic acids is 1. The molecule has 0 saturated carbocycles. The van der Waals surface area contributed by atoms with Gasteiger partial charge in [0, 0.05) is 37.6 Å². The number of piperazine rings is 1. The van der Waals surface area contributed by atoms with Crippen molar-refractivity contribution < 1.29 is 4.79 Å². The van der Waals surface area contributed by atoms with Gasteiger partial charge >= 0.3 is 0 Å². The summed E-state index contributed by atoms with van der Waals surface area (Å²) in [6, 6.07) is 12.0. The molecule has 134 valence electrons. The Morgan fingerprint density at radius 2 is 1.96 bits per heavy atom. The van der Waals surface area contributed by atoms with E-state index in [9.17, 15) is 4.79 Å². The fourth-order valence-corrected chi connectivity index (χ4v) is 4.10. The maximum atomic E-state index is 12.4. The van der Waals surface area contributed by atoms with E-state index in [0.717, 1.165) is 43.3 Å². The predicted molar refractivity (Wildman–Crippen MR) is 106 cm³/mol. The lowest BCUT2D eigenvalue weighted by atomic mass is 10.2. The lowest BCUT2D eigenvalue weighted by Gasteiger charge is -2.38. The molecule has 1 aliphatic heterocycles. The van der Waals surface area contributed by atoms with E-state index in [1.165, 1.54) is 4.88 Å². The maximum absolute atomic E-state index is 12.4. The molecule has 1 fully saturated rings. The average molecular weight is 378 g/mol. The van der Waals surface area contributed by atoms with Crippen LogP contribution in [-0.2, 0) is 11.2 Å². The molecular weight excluding hydrogens is 354 g/mol. The molecule has 25 heavy (non-hydrogen) atoms. The first-order valence-corrected chi connectivity index (χ1v) is 9.94. The first kappa shape index (κ1) is 18.2. The number of carbonyl (C=O) groups is 1. The molecule has 0 radical (unpaired) electrons. The van der Waals surface area contributed by atoms with Crippen molar-refractivity contribution in [2.75, 3.05) is 37.6 Å². The smallest absolute Gasteiger partial charge is 0.237 e. The standard InChI is InChI=1S/C19H24ClN3OS/c1-15(19(24)21-9-8-16-5-4-14-25-16)22-10-12-23(13-11-22)18-7-3-2-6-17(18)20/h2-7,14-15H,8-13H2,1H3,(H,21,24). The number of thiophene rings is 1. The first-order valence-electron chi connectivity index (χ1n) is 8.69. The van der Waals surface area contributed by atoms with E-state index in [4.69, 9.17) is 11.6 Å². The maximum Gasteiger partial charge on any atom is 0.237 e. The Bertz CT molecular complexity index is 684. The highest BCUT2D eigenvalue weighted by Gasteiger charge is 2.26. The number of para-hydroxylation sites is 1. The fraction of sp³-hybridized carbons (Fsp3) is 0.421. The average Bonchev–Trinajstić information content (AvgIpc) is 3.15. The molecule has 1 N–H and O–H groups in total. The second-order valence-electron chi connectivity index (χ2n) is 6.27. The molecule has 1 unspecified atom stereocenters. The van der Waals surface area contributed by atoms with Crippen molar-refractivity contribution >= 4 is 34.5 Å². The monoisotopic (exact) mass is 377 g/mol. The molecular formula is C19H24ClN3OS. The van der Waals surface area contributed by atoms with Gasteiger partial charge in [0.1, 0.15) is 0 Å². The van der Waals surface area contributed by atoms with Gasteiger partial charge in [-0.3, -0.25) is 9.69 Å². The molecule has 2 aromatic rings. The Hall–Kier alpha value is -1.56. The van der Waals surface area contributed by atoms with E-state index >= 15 is 0 Å². The second-order valence-corrected chi connectivity index (χ2v) is 7.71. The van der Waals surface area contributed by atoms with Crippen molar-refractivity contribution in [1.29, 1.82) is 0 Å². The first-order chi connectivity index (χ1) is 12.1. The van der Waals surface area contributed by atoms with Gasteiger partial charge in [-0.25, -0.2) is 0 Å². The quantitative estimate of drug-likeness (QED) is 0.839. The van der Waals surface area contributed by atoms with Crippen LogP contribution < -0.4 is 10.2 Å². The third-order valence-corrected chi connectivity index (χ3v) is 5.94. The zero-order valence-corrected chi connectivity index (χ0v) is 16.0. The van der Waals surface area contributed by atoms with Gasteiger partial charge < -0.3 is 10.2 Å². The Morgan fingerprint density at radius 3 is 2.64 bits per heavy atom. The number of hydrogen-bond donors (Lipinski definition) is 1. The molecule has 1 aliphatic rings. The number of anilines is 1. The molecule has 4 nitrogen and oxygen atoms in total. The van der Waals surface area contributed by atoms with Gasteiger partial charge in [0.2, 0.25) is 5.91 Å². The molecule has 1 aromatic heterocycles. The van der Waals surface area contributed by atoms with Crippen LogP contribution in [0, 0.1) is 0 Å². The molecule has 0 aliphatic carbocycles. The highest BCUT2D eigenvalue weighted by molar-refractivity contribution is 7.09. The van der Waals surface area contributed by atoms with E-state index in [-0.39, 0.29) is 11.9 Å². The summed E-state index contributed by atoms with van der Waals surface area (Å²) in [6.45, 7) is 6.19. The van der Waals surface area contributed by atoms with Crippen molar-refractivity contribution in [3.05, 3.63) is 51.7 Å². The van der Waals surface area contributed by atoms with Gasteiger partial charge in [-0.1, -0.05) is 29.8 Å². The molecule has 1 amide bonds. The second kappa shape index (κ2) is 8.70. The van der Waals surface area contributed by atoms with Crippen molar-refractivity contribution in [2.45, 2.75) is 19.4 Å². The lowest BCUT2D eigenvalue weighted by Crippen LogP contribution is -2.54. The van der Waals surface area contributed by atoms with E-state index < -0.39 is 0 Å². The lowest BCUT2D eigenvalue weighted by molar-refractivity contribution is -0.125. The Labute approximate surface area is 158 Å². The van der Waals surface area contributed by atoms with E-state index in [0.29, 0.717) is 6.54 Å². The van der Waals surface area contributed by atoms with Gasteiger partial charge in [-0.15, -0.1) is 11.3 Å². The van der Waals surface area contributed by atoms with Crippen LogP contribution in [0.5, 0.6) is 0 Å². The molecule has 0 spiro atoms. The van der Waals surface area contributed by atoms with Gasteiger partial charge in [0.15, 0.2) is 0 Å². The van der Waals surface area contributed by atoms with Gasteiger partial charge in [-0.05, 0) is 36.9 Å². The number of halogens is 1. The van der Waals surface area contributed by atoms with Crippen LogP contribution in [0.4, 0.5) is 5.69 Å². The highest BCUT2D eigenvalue weighted by atomic mass is 35.5. The van der Waals surface area contributed by atoms with Crippen molar-refractivity contribution in [2.24, 2.45) is 0 Å². The van der Waals surface area contributed by atoms with E-state index in [2.05, 4.69) is 32.6 Å². The zero-order valence-electron chi connectivity index (χ0n) is 14.5. The highest BCUT2D eigenvalue weighted by Crippen LogP contribution is 2.26. The molecule has 1 saturated heterocycles. The minimum Gasteiger partial charge on any atom is -0.368 e. The summed E-state index contributed by atoms with van der Waals surface area (Å²) in [5, 5.41) is 5.92. The number of benzene rings is 1. The fourth-order valence-electron chi connectivity index (χ4n) is 3.14. The van der Waals surface area contributed by atoms with E-state index in [1.807, 2.05) is 31.2 Å². The van der Waals surface area contributed by atoms with Crippen LogP contribution in [0.15, 0.2) is 41.8 Å². The normalized spacial score (nSPS) is 16.6. The van der Waals surface area contributed by atoms with Gasteiger partial charge in [0.05, 0.1) is 16.8 Å². The number of nitrogens with one attached hydrogen (secondary N) is 1. The molecule has 0 bridgehead atoms.